The van der Waals surface area contributed by atoms with E-state index in [0.29, 0.717) is 11.5 Å². The number of hydrogen-bond donors (Lipinski definition) is 1. The van der Waals surface area contributed by atoms with Gasteiger partial charge in [-0.3, -0.25) is 0 Å². The van der Waals surface area contributed by atoms with Crippen LogP contribution in [0, 0.1) is 11.3 Å². The van der Waals surface area contributed by atoms with Crippen LogP contribution in [0.2, 0.25) is 0 Å². The highest BCUT2D eigenvalue weighted by atomic mass is 32.2. The molecule has 17 heavy (non-hydrogen) atoms. The molecule has 0 unspecified atom stereocenters. The van der Waals surface area contributed by atoms with Crippen LogP contribution in [0.3, 0.4) is 0 Å². The molecular formula is C10H15N3O2S2. The van der Waals surface area contributed by atoms with Crippen LogP contribution >= 0.6 is 11.3 Å². The van der Waals surface area contributed by atoms with E-state index < -0.39 is 9.84 Å². The molecule has 0 aliphatic carbocycles. The number of sulfone groups is 1. The van der Waals surface area contributed by atoms with Gasteiger partial charge in [0.05, 0.1) is 5.69 Å². The second-order valence-electron chi connectivity index (χ2n) is 3.78. The number of anilines is 2. The topological polar surface area (TPSA) is 87.2 Å². The second-order valence-corrected chi connectivity index (χ2v) is 6.74. The smallest absolute Gasteiger partial charge is 0.180 e. The van der Waals surface area contributed by atoms with Gasteiger partial charge in [-0.25, -0.2) is 8.42 Å². The largest absolute Gasteiger partial charge is 0.396 e. The maximum Gasteiger partial charge on any atom is 0.180 e. The molecule has 0 aromatic carbocycles. The molecule has 0 saturated heterocycles. The van der Waals surface area contributed by atoms with Gasteiger partial charge in [0.2, 0.25) is 0 Å². The predicted molar refractivity (Wildman–Crippen MR) is 70.1 cm³/mol. The Kier molecular flexibility index (Phi) is 4.01. The van der Waals surface area contributed by atoms with Crippen molar-refractivity contribution in [2.24, 2.45) is 0 Å². The van der Waals surface area contributed by atoms with Crippen molar-refractivity contribution in [2.45, 2.75) is 18.2 Å². The minimum Gasteiger partial charge on any atom is -0.396 e. The summed E-state index contributed by atoms with van der Waals surface area (Å²) in [6.07, 6.45) is 2.00. The van der Waals surface area contributed by atoms with Crippen LogP contribution in [0.1, 0.15) is 18.2 Å². The SMILES string of the molecule is CCCN(C)c1sc(C#N)c(N)c1S(C)(=O)=O. The van der Waals surface area contributed by atoms with Gasteiger partial charge in [-0.05, 0) is 6.42 Å². The molecule has 0 bridgehead atoms. The van der Waals surface area contributed by atoms with Gasteiger partial charge < -0.3 is 10.6 Å². The van der Waals surface area contributed by atoms with Crippen LogP contribution in [0.15, 0.2) is 4.90 Å². The maximum absolute atomic E-state index is 11.7. The molecule has 0 radical (unpaired) electrons. The Labute approximate surface area is 105 Å². The normalized spacial score (nSPS) is 11.2. The standard InChI is InChI=1S/C10H15N3O2S2/c1-4-5-13(2)10-9(17(3,14)15)8(12)7(6-11)16-10/h4-5,12H2,1-3H3. The monoisotopic (exact) mass is 273 g/mol. The molecule has 0 fully saturated rings. The van der Waals surface area contributed by atoms with Crippen LogP contribution in [0.25, 0.3) is 0 Å². The summed E-state index contributed by atoms with van der Waals surface area (Å²) in [4.78, 5) is 2.15. The zero-order chi connectivity index (χ0) is 13.2. The highest BCUT2D eigenvalue weighted by Crippen LogP contribution is 2.40. The molecule has 1 aromatic heterocycles. The Bertz CT molecular complexity index is 555. The van der Waals surface area contributed by atoms with Crippen LogP contribution in [0.4, 0.5) is 10.7 Å². The number of rotatable bonds is 4. The van der Waals surface area contributed by atoms with E-state index in [1.165, 1.54) is 0 Å². The summed E-state index contributed by atoms with van der Waals surface area (Å²) in [5, 5.41) is 9.45. The lowest BCUT2D eigenvalue weighted by Gasteiger charge is -2.17. The number of nitrogen functional groups attached to an aromatic ring is 1. The van der Waals surface area contributed by atoms with Crippen molar-refractivity contribution in [3.05, 3.63) is 4.88 Å². The molecule has 2 N–H and O–H groups in total. The fourth-order valence-corrected chi connectivity index (χ4v) is 4.07. The lowest BCUT2D eigenvalue weighted by Crippen LogP contribution is -2.19. The minimum absolute atomic E-state index is 0.0675. The predicted octanol–water partition coefficient (Wildman–Crippen LogP) is 1.45. The lowest BCUT2D eigenvalue weighted by molar-refractivity contribution is 0.602. The van der Waals surface area contributed by atoms with E-state index in [1.807, 2.05) is 17.9 Å². The van der Waals surface area contributed by atoms with E-state index in [1.54, 1.807) is 7.05 Å². The average molecular weight is 273 g/mol. The molecule has 0 spiro atoms. The number of nitrogens with two attached hydrogens (primary N) is 1. The first-order valence-electron chi connectivity index (χ1n) is 5.06. The van der Waals surface area contributed by atoms with Gasteiger partial charge in [0.1, 0.15) is 20.8 Å². The van der Waals surface area contributed by atoms with E-state index in [2.05, 4.69) is 0 Å². The molecule has 0 saturated carbocycles. The van der Waals surface area contributed by atoms with E-state index in [-0.39, 0.29) is 15.5 Å². The molecule has 1 rings (SSSR count). The van der Waals surface area contributed by atoms with Crippen LogP contribution in [-0.2, 0) is 9.84 Å². The first kappa shape index (κ1) is 13.8. The van der Waals surface area contributed by atoms with Gasteiger partial charge >= 0.3 is 0 Å². The Balaban J connectivity index is 3.46. The first-order valence-corrected chi connectivity index (χ1v) is 7.77. The molecule has 0 aliphatic rings. The number of nitriles is 1. The van der Waals surface area contributed by atoms with Crippen LogP contribution in [-0.4, -0.2) is 28.3 Å². The molecule has 1 aromatic rings. The first-order chi connectivity index (χ1) is 7.82. The van der Waals surface area contributed by atoms with Crippen molar-refractivity contribution in [3.8, 4) is 6.07 Å². The van der Waals surface area contributed by atoms with Crippen molar-refractivity contribution in [1.29, 1.82) is 5.26 Å². The molecule has 0 atom stereocenters. The number of hydrogen-bond acceptors (Lipinski definition) is 6. The molecular weight excluding hydrogens is 258 g/mol. The third-order valence-electron chi connectivity index (χ3n) is 2.26. The summed E-state index contributed by atoms with van der Waals surface area (Å²) in [5.74, 6) is 0. The van der Waals surface area contributed by atoms with Crippen molar-refractivity contribution in [1.82, 2.24) is 0 Å². The molecule has 0 aliphatic heterocycles. The van der Waals surface area contributed by atoms with Crippen molar-refractivity contribution in [3.63, 3.8) is 0 Å². The summed E-state index contributed by atoms with van der Waals surface area (Å²) in [6.45, 7) is 2.71. The Morgan fingerprint density at radius 2 is 2.12 bits per heavy atom. The molecule has 1 heterocycles. The van der Waals surface area contributed by atoms with Crippen LogP contribution in [0.5, 0.6) is 0 Å². The van der Waals surface area contributed by atoms with Crippen molar-refractivity contribution >= 4 is 31.9 Å². The average Bonchev–Trinajstić information content (AvgIpc) is 2.55. The Morgan fingerprint density at radius 3 is 2.53 bits per heavy atom. The van der Waals surface area contributed by atoms with E-state index in [4.69, 9.17) is 11.0 Å². The maximum atomic E-state index is 11.7. The number of nitrogens with zero attached hydrogens (tertiary/aromatic N) is 2. The van der Waals surface area contributed by atoms with Crippen molar-refractivity contribution in [2.75, 3.05) is 30.5 Å². The van der Waals surface area contributed by atoms with Gasteiger partial charge in [-0.15, -0.1) is 11.3 Å². The Hall–Kier alpha value is -1.26. The fraction of sp³-hybridized carbons (Fsp3) is 0.500. The second kappa shape index (κ2) is 4.94. The summed E-state index contributed by atoms with van der Waals surface area (Å²) in [7, 11) is -1.63. The third-order valence-corrected chi connectivity index (χ3v) is 4.77. The van der Waals surface area contributed by atoms with Gasteiger partial charge in [0.15, 0.2) is 9.84 Å². The molecule has 5 nitrogen and oxygen atoms in total. The van der Waals surface area contributed by atoms with Gasteiger partial charge in [-0.1, -0.05) is 6.92 Å². The summed E-state index contributed by atoms with van der Waals surface area (Å²) >= 11 is 1.12. The summed E-state index contributed by atoms with van der Waals surface area (Å²) in [6, 6.07) is 1.93. The zero-order valence-electron chi connectivity index (χ0n) is 10.0. The lowest BCUT2D eigenvalue weighted by atomic mass is 10.4. The molecule has 7 heteroatoms. The Morgan fingerprint density at radius 1 is 1.53 bits per heavy atom. The van der Waals surface area contributed by atoms with Gasteiger partial charge in [-0.2, -0.15) is 5.26 Å². The van der Waals surface area contributed by atoms with E-state index in [9.17, 15) is 8.42 Å². The quantitative estimate of drug-likeness (QED) is 0.897. The van der Waals surface area contributed by atoms with E-state index >= 15 is 0 Å². The van der Waals surface area contributed by atoms with Gasteiger partial charge in [0, 0.05) is 19.8 Å². The molecule has 0 amide bonds. The summed E-state index contributed by atoms with van der Waals surface area (Å²) in [5.41, 5.74) is 5.78. The number of thiophene rings is 1. The van der Waals surface area contributed by atoms with Gasteiger partial charge in [0.25, 0.3) is 0 Å². The minimum atomic E-state index is -3.42. The fourth-order valence-electron chi connectivity index (χ4n) is 1.55. The van der Waals surface area contributed by atoms with E-state index in [0.717, 1.165) is 24.0 Å². The highest BCUT2D eigenvalue weighted by molar-refractivity contribution is 7.91. The third kappa shape index (κ3) is 2.70. The highest BCUT2D eigenvalue weighted by Gasteiger charge is 2.25. The zero-order valence-corrected chi connectivity index (χ0v) is 11.7. The van der Waals surface area contributed by atoms with Crippen LogP contribution < -0.4 is 10.6 Å². The van der Waals surface area contributed by atoms with Crippen molar-refractivity contribution < 1.29 is 8.42 Å². The molecule has 94 valence electrons. The summed E-state index contributed by atoms with van der Waals surface area (Å²) < 4.78 is 23.4.